The van der Waals surface area contributed by atoms with E-state index in [1.807, 2.05) is 0 Å². The van der Waals surface area contributed by atoms with Crippen molar-refractivity contribution in [2.45, 2.75) is 23.8 Å². The standard InChI is InChI=1S/C5H13NO3S2/c1-2-4(10)5(3-6)11(7,8)9/h4-5,10H,2-3,6H2,1H3,(H,7,8,9). The van der Waals surface area contributed by atoms with Gasteiger partial charge in [-0.1, -0.05) is 6.92 Å². The van der Waals surface area contributed by atoms with Crippen molar-refractivity contribution in [3.63, 3.8) is 0 Å². The SMILES string of the molecule is CCC(S)C(CN)S(=O)(=O)O. The molecule has 0 aliphatic rings. The highest BCUT2D eigenvalue weighted by molar-refractivity contribution is 7.88. The van der Waals surface area contributed by atoms with E-state index in [1.165, 1.54) is 0 Å². The summed E-state index contributed by atoms with van der Waals surface area (Å²) in [5.74, 6) is 0. The van der Waals surface area contributed by atoms with Crippen LogP contribution in [0.3, 0.4) is 0 Å². The topological polar surface area (TPSA) is 80.4 Å². The summed E-state index contributed by atoms with van der Waals surface area (Å²) in [6.45, 7) is 1.69. The van der Waals surface area contributed by atoms with Gasteiger partial charge in [0, 0.05) is 11.8 Å². The molecule has 0 saturated heterocycles. The van der Waals surface area contributed by atoms with E-state index >= 15 is 0 Å². The lowest BCUT2D eigenvalue weighted by atomic mass is 10.2. The van der Waals surface area contributed by atoms with E-state index in [4.69, 9.17) is 10.3 Å². The van der Waals surface area contributed by atoms with Gasteiger partial charge in [0.05, 0.1) is 0 Å². The molecule has 0 aromatic heterocycles. The van der Waals surface area contributed by atoms with Crippen LogP contribution in [0.5, 0.6) is 0 Å². The van der Waals surface area contributed by atoms with E-state index in [2.05, 4.69) is 12.6 Å². The van der Waals surface area contributed by atoms with Crippen LogP contribution in [-0.2, 0) is 10.1 Å². The molecule has 2 unspecified atom stereocenters. The molecule has 0 aliphatic heterocycles. The lowest BCUT2D eigenvalue weighted by Gasteiger charge is -2.16. The maximum absolute atomic E-state index is 10.6. The van der Waals surface area contributed by atoms with Crippen LogP contribution in [0.25, 0.3) is 0 Å². The predicted molar refractivity (Wildman–Crippen MR) is 47.5 cm³/mol. The van der Waals surface area contributed by atoms with E-state index in [1.54, 1.807) is 6.92 Å². The molecule has 11 heavy (non-hydrogen) atoms. The number of thiol groups is 1. The zero-order valence-electron chi connectivity index (χ0n) is 6.27. The molecule has 0 spiro atoms. The largest absolute Gasteiger partial charge is 0.329 e. The molecule has 6 heteroatoms. The van der Waals surface area contributed by atoms with Crippen molar-refractivity contribution < 1.29 is 13.0 Å². The van der Waals surface area contributed by atoms with Crippen LogP contribution < -0.4 is 5.73 Å². The molecule has 3 N–H and O–H groups in total. The number of hydrogen-bond acceptors (Lipinski definition) is 4. The summed E-state index contributed by atoms with van der Waals surface area (Å²) in [4.78, 5) is 0. The fourth-order valence-corrected chi connectivity index (χ4v) is 2.16. The van der Waals surface area contributed by atoms with Crippen molar-refractivity contribution in [3.05, 3.63) is 0 Å². The Labute approximate surface area is 72.3 Å². The minimum Gasteiger partial charge on any atom is -0.329 e. The average molecular weight is 199 g/mol. The molecular formula is C5H13NO3S2. The Bertz CT molecular complexity index is 202. The minimum absolute atomic E-state index is 0.0964. The monoisotopic (exact) mass is 199 g/mol. The van der Waals surface area contributed by atoms with Gasteiger partial charge in [0.25, 0.3) is 10.1 Å². The van der Waals surface area contributed by atoms with Crippen LogP contribution in [0.15, 0.2) is 0 Å². The van der Waals surface area contributed by atoms with Crippen LogP contribution in [0, 0.1) is 0 Å². The number of rotatable bonds is 4. The van der Waals surface area contributed by atoms with Gasteiger partial charge in [-0.3, -0.25) is 4.55 Å². The van der Waals surface area contributed by atoms with Gasteiger partial charge in [0.1, 0.15) is 5.25 Å². The van der Waals surface area contributed by atoms with Crippen LogP contribution >= 0.6 is 12.6 Å². The summed E-state index contributed by atoms with van der Waals surface area (Å²) in [5, 5.41) is -1.34. The summed E-state index contributed by atoms with van der Waals surface area (Å²) in [5.41, 5.74) is 5.15. The lowest BCUT2D eigenvalue weighted by Crippen LogP contribution is -2.36. The van der Waals surface area contributed by atoms with Crippen molar-refractivity contribution in [3.8, 4) is 0 Å². The molecular weight excluding hydrogens is 186 g/mol. The zero-order valence-corrected chi connectivity index (χ0v) is 7.98. The molecule has 0 bridgehead atoms. The van der Waals surface area contributed by atoms with Gasteiger partial charge in [-0.05, 0) is 6.42 Å². The summed E-state index contributed by atoms with van der Waals surface area (Å²) in [7, 11) is -4.03. The fraction of sp³-hybridized carbons (Fsp3) is 1.00. The van der Waals surface area contributed by atoms with Crippen LogP contribution in [0.4, 0.5) is 0 Å². The molecule has 0 radical (unpaired) electrons. The van der Waals surface area contributed by atoms with Crippen LogP contribution in [-0.4, -0.2) is 30.0 Å². The average Bonchev–Trinajstić information content (AvgIpc) is 1.86. The smallest absolute Gasteiger partial charge is 0.270 e. The molecule has 0 saturated carbocycles. The first kappa shape index (κ1) is 11.2. The molecule has 2 atom stereocenters. The molecule has 0 fully saturated rings. The molecule has 0 aliphatic carbocycles. The highest BCUT2D eigenvalue weighted by atomic mass is 32.2. The van der Waals surface area contributed by atoms with E-state index in [0.717, 1.165) is 0 Å². The Morgan fingerprint density at radius 3 is 2.18 bits per heavy atom. The molecule has 0 heterocycles. The molecule has 0 aromatic carbocycles. The van der Waals surface area contributed by atoms with E-state index in [-0.39, 0.29) is 6.54 Å². The highest BCUT2D eigenvalue weighted by Gasteiger charge is 2.27. The summed E-state index contributed by atoms with van der Waals surface area (Å²) >= 11 is 3.98. The lowest BCUT2D eigenvalue weighted by molar-refractivity contribution is 0.463. The first-order valence-electron chi connectivity index (χ1n) is 3.27. The second-order valence-corrected chi connectivity index (χ2v) is 4.56. The van der Waals surface area contributed by atoms with Crippen molar-refractivity contribution in [2.75, 3.05) is 6.54 Å². The zero-order chi connectivity index (χ0) is 9.07. The Hall–Kier alpha value is 0.220. The molecule has 4 nitrogen and oxygen atoms in total. The second-order valence-electron chi connectivity index (χ2n) is 2.26. The Balaban J connectivity index is 4.42. The van der Waals surface area contributed by atoms with Crippen LogP contribution in [0.2, 0.25) is 0 Å². The van der Waals surface area contributed by atoms with Crippen molar-refractivity contribution in [2.24, 2.45) is 5.73 Å². The van der Waals surface area contributed by atoms with Crippen molar-refractivity contribution in [1.29, 1.82) is 0 Å². The van der Waals surface area contributed by atoms with Gasteiger partial charge in [-0.25, -0.2) is 0 Å². The van der Waals surface area contributed by atoms with E-state index in [0.29, 0.717) is 6.42 Å². The normalized spacial score (nSPS) is 17.8. The quantitative estimate of drug-likeness (QED) is 0.436. The third-order valence-electron chi connectivity index (χ3n) is 1.46. The Morgan fingerprint density at radius 1 is 1.64 bits per heavy atom. The molecule has 0 amide bonds. The predicted octanol–water partition coefficient (Wildman–Crippen LogP) is -0.0901. The maximum Gasteiger partial charge on any atom is 0.270 e. The fourth-order valence-electron chi connectivity index (χ4n) is 0.740. The number of nitrogens with two attached hydrogens (primary N) is 1. The molecule has 68 valence electrons. The third kappa shape index (κ3) is 3.42. The van der Waals surface area contributed by atoms with Gasteiger partial charge >= 0.3 is 0 Å². The van der Waals surface area contributed by atoms with E-state index < -0.39 is 20.6 Å². The van der Waals surface area contributed by atoms with Crippen LogP contribution in [0.1, 0.15) is 13.3 Å². The van der Waals surface area contributed by atoms with Gasteiger partial charge in [0.15, 0.2) is 0 Å². The first-order chi connectivity index (χ1) is 4.93. The summed E-state index contributed by atoms with van der Waals surface area (Å²) in [6.07, 6.45) is 0.560. The second kappa shape index (κ2) is 4.30. The first-order valence-corrected chi connectivity index (χ1v) is 5.29. The maximum atomic E-state index is 10.6. The minimum atomic E-state index is -4.03. The van der Waals surface area contributed by atoms with Gasteiger partial charge in [-0.15, -0.1) is 0 Å². The van der Waals surface area contributed by atoms with Gasteiger partial charge in [0.2, 0.25) is 0 Å². The van der Waals surface area contributed by atoms with Gasteiger partial charge < -0.3 is 5.73 Å². The summed E-state index contributed by atoms with van der Waals surface area (Å²) in [6, 6.07) is 0. The third-order valence-corrected chi connectivity index (χ3v) is 3.68. The molecule has 0 rings (SSSR count). The number of hydrogen-bond donors (Lipinski definition) is 3. The Kier molecular flexibility index (Phi) is 4.38. The van der Waals surface area contributed by atoms with Crippen molar-refractivity contribution in [1.82, 2.24) is 0 Å². The highest BCUT2D eigenvalue weighted by Crippen LogP contribution is 2.12. The Morgan fingerprint density at radius 2 is 2.09 bits per heavy atom. The van der Waals surface area contributed by atoms with Gasteiger partial charge in [-0.2, -0.15) is 21.0 Å². The van der Waals surface area contributed by atoms with E-state index in [9.17, 15) is 8.42 Å². The van der Waals surface area contributed by atoms with Crippen molar-refractivity contribution >= 4 is 22.7 Å². The molecule has 0 aromatic rings. The summed E-state index contributed by atoms with van der Waals surface area (Å²) < 4.78 is 29.8.